The van der Waals surface area contributed by atoms with E-state index < -0.39 is 0 Å². The Balaban J connectivity index is 1.98. The first-order valence-electron chi connectivity index (χ1n) is 8.37. The van der Waals surface area contributed by atoms with E-state index in [4.69, 9.17) is 4.74 Å². The number of hydrogen-bond donors (Lipinski definition) is 0. The third-order valence-corrected chi connectivity index (χ3v) is 5.67. The molecule has 2 fully saturated rings. The number of esters is 1. The summed E-state index contributed by atoms with van der Waals surface area (Å²) < 4.78 is 6.02. The Labute approximate surface area is 118 Å². The predicted molar refractivity (Wildman–Crippen MR) is 77.9 cm³/mol. The molecule has 2 nitrogen and oxygen atoms in total. The Bertz CT molecular complexity index is 304. The molecule has 0 N–H and O–H groups in total. The van der Waals surface area contributed by atoms with Crippen molar-refractivity contribution < 1.29 is 9.53 Å². The lowest BCUT2D eigenvalue weighted by molar-refractivity contribution is -0.166. The fourth-order valence-corrected chi connectivity index (χ4v) is 4.15. The Morgan fingerprint density at radius 1 is 1.11 bits per heavy atom. The van der Waals surface area contributed by atoms with Crippen LogP contribution >= 0.6 is 0 Å². The van der Waals surface area contributed by atoms with Crippen molar-refractivity contribution >= 4 is 5.97 Å². The highest BCUT2D eigenvalue weighted by Gasteiger charge is 2.42. The summed E-state index contributed by atoms with van der Waals surface area (Å²) in [5, 5.41) is 0. The highest BCUT2D eigenvalue weighted by molar-refractivity contribution is 5.73. The van der Waals surface area contributed by atoms with E-state index in [0.717, 1.165) is 38.0 Å². The van der Waals surface area contributed by atoms with Gasteiger partial charge in [0.05, 0.1) is 5.92 Å². The molecule has 0 aromatic rings. The first kappa shape index (κ1) is 14.9. The van der Waals surface area contributed by atoms with Gasteiger partial charge in [0.25, 0.3) is 0 Å². The second-order valence-corrected chi connectivity index (χ2v) is 6.69. The first-order chi connectivity index (χ1) is 9.14. The van der Waals surface area contributed by atoms with Gasteiger partial charge in [0.15, 0.2) is 0 Å². The van der Waals surface area contributed by atoms with Crippen LogP contribution in [0.2, 0.25) is 0 Å². The quantitative estimate of drug-likeness (QED) is 0.673. The van der Waals surface area contributed by atoms with Gasteiger partial charge in [0.1, 0.15) is 5.60 Å². The topological polar surface area (TPSA) is 26.3 Å². The molecular formula is C17H30O2. The van der Waals surface area contributed by atoms with Crippen molar-refractivity contribution in [3.8, 4) is 0 Å². The van der Waals surface area contributed by atoms with E-state index in [1.165, 1.54) is 25.7 Å². The molecule has 0 spiro atoms. The number of hydrogen-bond acceptors (Lipinski definition) is 2. The zero-order valence-electron chi connectivity index (χ0n) is 12.9. The van der Waals surface area contributed by atoms with Gasteiger partial charge in [-0.15, -0.1) is 0 Å². The summed E-state index contributed by atoms with van der Waals surface area (Å²) in [4.78, 5) is 12.6. The summed E-state index contributed by atoms with van der Waals surface area (Å²) in [7, 11) is 0. The monoisotopic (exact) mass is 266 g/mol. The van der Waals surface area contributed by atoms with Crippen LogP contribution in [0.5, 0.6) is 0 Å². The minimum Gasteiger partial charge on any atom is -0.459 e. The van der Waals surface area contributed by atoms with Crippen LogP contribution in [-0.2, 0) is 9.53 Å². The highest BCUT2D eigenvalue weighted by Crippen LogP contribution is 2.43. The molecule has 3 unspecified atom stereocenters. The van der Waals surface area contributed by atoms with Crippen LogP contribution in [-0.4, -0.2) is 11.6 Å². The maximum absolute atomic E-state index is 12.6. The van der Waals surface area contributed by atoms with Crippen LogP contribution in [0.4, 0.5) is 0 Å². The predicted octanol–water partition coefficient (Wildman–Crippen LogP) is 4.71. The van der Waals surface area contributed by atoms with E-state index in [2.05, 4.69) is 20.8 Å². The highest BCUT2D eigenvalue weighted by atomic mass is 16.6. The molecule has 0 saturated heterocycles. The molecule has 0 aromatic heterocycles. The minimum atomic E-state index is -0.111. The number of carbonyl (C=O) groups is 1. The molecule has 0 aromatic carbocycles. The van der Waals surface area contributed by atoms with Gasteiger partial charge in [-0.2, -0.15) is 0 Å². The van der Waals surface area contributed by atoms with Gasteiger partial charge in [-0.25, -0.2) is 0 Å². The summed E-state index contributed by atoms with van der Waals surface area (Å²) in [6, 6.07) is 0. The van der Waals surface area contributed by atoms with Gasteiger partial charge in [0.2, 0.25) is 0 Å². The van der Waals surface area contributed by atoms with Crippen LogP contribution < -0.4 is 0 Å². The molecule has 0 bridgehead atoms. The van der Waals surface area contributed by atoms with Gasteiger partial charge in [0, 0.05) is 0 Å². The largest absolute Gasteiger partial charge is 0.459 e. The summed E-state index contributed by atoms with van der Waals surface area (Å²) >= 11 is 0. The second-order valence-electron chi connectivity index (χ2n) is 6.69. The number of ether oxygens (including phenoxy) is 1. The standard InChI is InChI=1S/C17H30O2/c1-4-13-11-14(5-2)15(12-13)16(18)19-17(6-3)9-7-8-10-17/h13-15H,4-12H2,1-3H3. The first-order valence-corrected chi connectivity index (χ1v) is 8.37. The molecule has 3 atom stereocenters. The summed E-state index contributed by atoms with van der Waals surface area (Å²) in [6.07, 6.45) is 10.2. The summed E-state index contributed by atoms with van der Waals surface area (Å²) in [6.45, 7) is 6.63. The van der Waals surface area contributed by atoms with E-state index in [9.17, 15) is 4.79 Å². The third-order valence-electron chi connectivity index (χ3n) is 5.67. The van der Waals surface area contributed by atoms with E-state index >= 15 is 0 Å². The number of rotatable bonds is 5. The van der Waals surface area contributed by atoms with Crippen LogP contribution in [0.15, 0.2) is 0 Å². The Hall–Kier alpha value is -0.530. The van der Waals surface area contributed by atoms with Gasteiger partial charge >= 0.3 is 5.97 Å². The van der Waals surface area contributed by atoms with Crippen molar-refractivity contribution in [3.63, 3.8) is 0 Å². The maximum Gasteiger partial charge on any atom is 0.309 e. The molecule has 0 aliphatic heterocycles. The van der Waals surface area contributed by atoms with Crippen molar-refractivity contribution in [3.05, 3.63) is 0 Å². The van der Waals surface area contributed by atoms with Crippen LogP contribution in [0.1, 0.15) is 78.6 Å². The van der Waals surface area contributed by atoms with Crippen molar-refractivity contribution in [1.29, 1.82) is 0 Å². The van der Waals surface area contributed by atoms with E-state index in [0.29, 0.717) is 5.92 Å². The van der Waals surface area contributed by atoms with Crippen LogP contribution in [0.3, 0.4) is 0 Å². The zero-order chi connectivity index (χ0) is 13.9. The average Bonchev–Trinajstić information content (AvgIpc) is 3.05. The molecule has 110 valence electrons. The normalized spacial score (nSPS) is 33.5. The van der Waals surface area contributed by atoms with Gasteiger partial charge in [-0.1, -0.05) is 33.6 Å². The minimum absolute atomic E-state index is 0.111. The second kappa shape index (κ2) is 6.28. The lowest BCUT2D eigenvalue weighted by atomic mass is 9.92. The third kappa shape index (κ3) is 3.14. The zero-order valence-corrected chi connectivity index (χ0v) is 12.9. The molecule has 2 saturated carbocycles. The molecule has 0 radical (unpaired) electrons. The van der Waals surface area contributed by atoms with Crippen LogP contribution in [0.25, 0.3) is 0 Å². The van der Waals surface area contributed by atoms with Crippen molar-refractivity contribution in [2.24, 2.45) is 17.8 Å². The molecule has 19 heavy (non-hydrogen) atoms. The van der Waals surface area contributed by atoms with E-state index in [-0.39, 0.29) is 17.5 Å². The molecule has 2 rings (SSSR count). The smallest absolute Gasteiger partial charge is 0.309 e. The van der Waals surface area contributed by atoms with Gasteiger partial charge in [-0.05, 0) is 56.8 Å². The lowest BCUT2D eigenvalue weighted by Gasteiger charge is -2.30. The van der Waals surface area contributed by atoms with Gasteiger partial charge < -0.3 is 4.74 Å². The lowest BCUT2D eigenvalue weighted by Crippen LogP contribution is -2.35. The van der Waals surface area contributed by atoms with Crippen molar-refractivity contribution in [2.45, 2.75) is 84.2 Å². The fourth-order valence-electron chi connectivity index (χ4n) is 4.15. The SMILES string of the molecule is CCC1CC(CC)C(C(=O)OC2(CC)CCCC2)C1. The fraction of sp³-hybridized carbons (Fsp3) is 0.941. The van der Waals surface area contributed by atoms with E-state index in [1.54, 1.807) is 0 Å². The van der Waals surface area contributed by atoms with E-state index in [1.807, 2.05) is 0 Å². The van der Waals surface area contributed by atoms with Gasteiger partial charge in [-0.3, -0.25) is 4.79 Å². The summed E-state index contributed by atoms with van der Waals surface area (Å²) in [5.41, 5.74) is -0.111. The molecule has 2 aliphatic carbocycles. The Kier molecular flexibility index (Phi) is 4.92. The Morgan fingerprint density at radius 3 is 2.32 bits per heavy atom. The molecule has 2 heteroatoms. The van der Waals surface area contributed by atoms with Crippen molar-refractivity contribution in [2.75, 3.05) is 0 Å². The number of carbonyl (C=O) groups excluding carboxylic acids is 1. The maximum atomic E-state index is 12.6. The Morgan fingerprint density at radius 2 is 1.79 bits per heavy atom. The summed E-state index contributed by atoms with van der Waals surface area (Å²) in [5.74, 6) is 1.60. The molecule has 2 aliphatic rings. The molecule has 0 amide bonds. The molecular weight excluding hydrogens is 236 g/mol. The van der Waals surface area contributed by atoms with Crippen molar-refractivity contribution in [1.82, 2.24) is 0 Å². The average molecular weight is 266 g/mol. The van der Waals surface area contributed by atoms with Crippen LogP contribution in [0, 0.1) is 17.8 Å². The molecule has 0 heterocycles.